The van der Waals surface area contributed by atoms with Gasteiger partial charge in [0, 0.05) is 19.5 Å². The summed E-state index contributed by atoms with van der Waals surface area (Å²) in [7, 11) is 1.86. The quantitative estimate of drug-likeness (QED) is 0.734. The molecular formula is C14H24N4O. The lowest BCUT2D eigenvalue weighted by atomic mass is 9.99. The van der Waals surface area contributed by atoms with E-state index < -0.39 is 0 Å². The molecule has 106 valence electrons. The van der Waals surface area contributed by atoms with Gasteiger partial charge in [0.15, 0.2) is 0 Å². The molecule has 1 aliphatic carbocycles. The van der Waals surface area contributed by atoms with Crippen LogP contribution >= 0.6 is 0 Å². The Morgan fingerprint density at radius 3 is 2.53 bits per heavy atom. The van der Waals surface area contributed by atoms with Gasteiger partial charge in [-0.25, -0.2) is 9.97 Å². The summed E-state index contributed by atoms with van der Waals surface area (Å²) in [6.07, 6.45) is 6.24. The molecule has 1 aromatic rings. The number of rotatable bonds is 6. The average Bonchev–Trinajstić information content (AvgIpc) is 2.88. The van der Waals surface area contributed by atoms with Crippen LogP contribution in [0.1, 0.15) is 44.9 Å². The molecule has 3 N–H and O–H groups in total. The van der Waals surface area contributed by atoms with Crippen LogP contribution in [0.4, 0.5) is 11.6 Å². The molecule has 19 heavy (non-hydrogen) atoms. The first-order valence-electron chi connectivity index (χ1n) is 7.16. The number of nitrogens with zero attached hydrogens (tertiary/aromatic N) is 2. The number of nitrogens with one attached hydrogen (secondary N) is 2. The lowest BCUT2D eigenvalue weighted by molar-refractivity contribution is 0.214. The van der Waals surface area contributed by atoms with E-state index in [1.165, 1.54) is 12.8 Å². The van der Waals surface area contributed by atoms with Crippen LogP contribution in [-0.2, 0) is 6.42 Å². The fourth-order valence-corrected chi connectivity index (χ4v) is 2.67. The Morgan fingerprint density at radius 2 is 1.95 bits per heavy atom. The molecule has 0 amide bonds. The second kappa shape index (κ2) is 6.19. The molecule has 1 aliphatic rings. The van der Waals surface area contributed by atoms with Gasteiger partial charge in [-0.15, -0.1) is 0 Å². The third kappa shape index (κ3) is 3.35. The Morgan fingerprint density at radius 1 is 1.26 bits per heavy atom. The summed E-state index contributed by atoms with van der Waals surface area (Å²) in [6, 6.07) is 1.91. The zero-order valence-electron chi connectivity index (χ0n) is 11.9. The van der Waals surface area contributed by atoms with Gasteiger partial charge in [0.25, 0.3) is 0 Å². The van der Waals surface area contributed by atoms with E-state index in [-0.39, 0.29) is 12.1 Å². The largest absolute Gasteiger partial charge is 0.394 e. The van der Waals surface area contributed by atoms with Crippen molar-refractivity contribution in [2.24, 2.45) is 0 Å². The third-order valence-corrected chi connectivity index (χ3v) is 3.76. The zero-order chi connectivity index (χ0) is 13.7. The molecule has 0 bridgehead atoms. The lowest BCUT2D eigenvalue weighted by Gasteiger charge is -2.28. The first-order valence-corrected chi connectivity index (χ1v) is 7.16. The van der Waals surface area contributed by atoms with E-state index in [9.17, 15) is 5.11 Å². The van der Waals surface area contributed by atoms with Crippen molar-refractivity contribution in [3.63, 3.8) is 0 Å². The summed E-state index contributed by atoms with van der Waals surface area (Å²) in [6.45, 7) is 2.28. The van der Waals surface area contributed by atoms with Gasteiger partial charge in [-0.2, -0.15) is 0 Å². The number of aliphatic hydroxyl groups excluding tert-OH is 1. The first-order chi connectivity index (χ1) is 9.21. The standard InChI is InChI=1S/C14H24N4O/c1-3-6-11-16-12(15-2)9-13(17-11)18-14(10-19)7-4-5-8-14/h9,19H,3-8,10H2,1-2H3,(H2,15,16,17,18). The highest BCUT2D eigenvalue weighted by Crippen LogP contribution is 2.32. The Labute approximate surface area is 114 Å². The maximum absolute atomic E-state index is 9.66. The summed E-state index contributed by atoms with van der Waals surface area (Å²) in [5.41, 5.74) is -0.192. The molecule has 1 saturated carbocycles. The second-order valence-corrected chi connectivity index (χ2v) is 5.33. The highest BCUT2D eigenvalue weighted by molar-refractivity contribution is 5.49. The van der Waals surface area contributed by atoms with Crippen LogP contribution in [0.2, 0.25) is 0 Å². The number of aliphatic hydroxyl groups is 1. The molecule has 0 spiro atoms. The Balaban J connectivity index is 2.20. The molecule has 0 saturated heterocycles. The Bertz CT molecular complexity index is 416. The number of aromatic nitrogens is 2. The normalized spacial score (nSPS) is 17.4. The average molecular weight is 264 g/mol. The maximum Gasteiger partial charge on any atom is 0.133 e. The third-order valence-electron chi connectivity index (χ3n) is 3.76. The number of hydrogen-bond acceptors (Lipinski definition) is 5. The van der Waals surface area contributed by atoms with Crippen molar-refractivity contribution >= 4 is 11.6 Å². The van der Waals surface area contributed by atoms with Crippen LogP contribution in [-0.4, -0.2) is 34.3 Å². The molecule has 1 aromatic heterocycles. The molecule has 1 heterocycles. The van der Waals surface area contributed by atoms with Gasteiger partial charge in [0.2, 0.25) is 0 Å². The smallest absolute Gasteiger partial charge is 0.133 e. The van der Waals surface area contributed by atoms with Gasteiger partial charge in [0.05, 0.1) is 12.1 Å². The SMILES string of the molecule is CCCc1nc(NC)cc(NC2(CO)CCCC2)n1. The van der Waals surface area contributed by atoms with E-state index >= 15 is 0 Å². The van der Waals surface area contributed by atoms with Crippen LogP contribution < -0.4 is 10.6 Å². The Hall–Kier alpha value is -1.36. The summed E-state index contributed by atoms with van der Waals surface area (Å²) < 4.78 is 0. The maximum atomic E-state index is 9.66. The minimum absolute atomic E-state index is 0.162. The van der Waals surface area contributed by atoms with Crippen LogP contribution in [0.15, 0.2) is 6.07 Å². The molecule has 0 unspecified atom stereocenters. The molecule has 0 aromatic carbocycles. The minimum Gasteiger partial charge on any atom is -0.394 e. The van der Waals surface area contributed by atoms with Crippen molar-refractivity contribution in [1.29, 1.82) is 0 Å². The molecule has 0 radical (unpaired) electrons. The van der Waals surface area contributed by atoms with Crippen molar-refractivity contribution in [3.8, 4) is 0 Å². The van der Waals surface area contributed by atoms with Crippen molar-refractivity contribution in [2.75, 3.05) is 24.3 Å². The van der Waals surface area contributed by atoms with E-state index in [1.807, 2.05) is 13.1 Å². The second-order valence-electron chi connectivity index (χ2n) is 5.33. The predicted octanol–water partition coefficient (Wildman–Crippen LogP) is 2.19. The topological polar surface area (TPSA) is 70.1 Å². The fourth-order valence-electron chi connectivity index (χ4n) is 2.67. The van der Waals surface area contributed by atoms with Gasteiger partial charge in [-0.3, -0.25) is 0 Å². The van der Waals surface area contributed by atoms with Gasteiger partial charge in [-0.05, 0) is 19.3 Å². The van der Waals surface area contributed by atoms with Crippen molar-refractivity contribution in [1.82, 2.24) is 9.97 Å². The summed E-state index contributed by atoms with van der Waals surface area (Å²) in [5.74, 6) is 2.49. The van der Waals surface area contributed by atoms with Gasteiger partial charge >= 0.3 is 0 Å². The monoisotopic (exact) mass is 264 g/mol. The van der Waals surface area contributed by atoms with E-state index in [0.29, 0.717) is 0 Å². The highest BCUT2D eigenvalue weighted by Gasteiger charge is 2.33. The Kier molecular flexibility index (Phi) is 4.58. The molecule has 5 nitrogen and oxygen atoms in total. The summed E-state index contributed by atoms with van der Waals surface area (Å²) >= 11 is 0. The van der Waals surface area contributed by atoms with Crippen molar-refractivity contribution in [3.05, 3.63) is 11.9 Å². The summed E-state index contributed by atoms with van der Waals surface area (Å²) in [4.78, 5) is 8.99. The minimum atomic E-state index is -0.192. The zero-order valence-corrected chi connectivity index (χ0v) is 11.9. The van der Waals surface area contributed by atoms with Crippen LogP contribution in [0.5, 0.6) is 0 Å². The molecule has 2 rings (SSSR count). The highest BCUT2D eigenvalue weighted by atomic mass is 16.3. The van der Waals surface area contributed by atoms with E-state index in [1.54, 1.807) is 0 Å². The van der Waals surface area contributed by atoms with Gasteiger partial charge in [0.1, 0.15) is 17.5 Å². The number of aryl methyl sites for hydroxylation is 1. The lowest BCUT2D eigenvalue weighted by Crippen LogP contribution is -2.39. The molecule has 5 heteroatoms. The van der Waals surface area contributed by atoms with Gasteiger partial charge < -0.3 is 15.7 Å². The molecular weight excluding hydrogens is 240 g/mol. The number of hydrogen-bond donors (Lipinski definition) is 3. The van der Waals surface area contributed by atoms with Gasteiger partial charge in [-0.1, -0.05) is 19.8 Å². The first kappa shape index (κ1) is 14.1. The predicted molar refractivity (Wildman–Crippen MR) is 77.5 cm³/mol. The van der Waals surface area contributed by atoms with E-state index in [0.717, 1.165) is 43.1 Å². The van der Waals surface area contributed by atoms with Crippen molar-refractivity contribution in [2.45, 2.75) is 51.0 Å². The number of anilines is 2. The molecule has 1 fully saturated rings. The summed E-state index contributed by atoms with van der Waals surface area (Å²) in [5, 5.41) is 16.2. The van der Waals surface area contributed by atoms with Crippen LogP contribution in [0, 0.1) is 0 Å². The van der Waals surface area contributed by atoms with Crippen LogP contribution in [0.25, 0.3) is 0 Å². The van der Waals surface area contributed by atoms with Crippen molar-refractivity contribution < 1.29 is 5.11 Å². The van der Waals surface area contributed by atoms with E-state index in [4.69, 9.17) is 0 Å². The van der Waals surface area contributed by atoms with Crippen LogP contribution in [0.3, 0.4) is 0 Å². The molecule has 0 atom stereocenters. The molecule has 0 aliphatic heterocycles. The fraction of sp³-hybridized carbons (Fsp3) is 0.714. The van der Waals surface area contributed by atoms with E-state index in [2.05, 4.69) is 27.5 Å².